The third-order valence-corrected chi connectivity index (χ3v) is 4.68. The van der Waals surface area contributed by atoms with E-state index in [0.29, 0.717) is 24.9 Å². The van der Waals surface area contributed by atoms with E-state index in [2.05, 4.69) is 15.3 Å². The first kappa shape index (κ1) is 19.0. The number of rotatable bonds is 4. The van der Waals surface area contributed by atoms with Crippen molar-refractivity contribution in [2.24, 2.45) is 7.05 Å². The lowest BCUT2D eigenvalue weighted by Gasteiger charge is -2.26. The molecule has 1 fully saturated rings. The fourth-order valence-corrected chi connectivity index (χ4v) is 3.12. The van der Waals surface area contributed by atoms with Crippen LogP contribution in [0.2, 0.25) is 0 Å². The number of anilines is 2. The number of aromatic nitrogens is 3. The Bertz CT molecular complexity index is 1030. The summed E-state index contributed by atoms with van der Waals surface area (Å²) < 4.78 is 33.8. The molecule has 150 valence electrons. The van der Waals surface area contributed by atoms with E-state index >= 15 is 0 Å². The second kappa shape index (κ2) is 7.96. The number of carbonyl (C=O) groups excluding carboxylic acids is 1. The number of halogens is 2. The molecule has 0 saturated carbocycles. The van der Waals surface area contributed by atoms with Crippen LogP contribution in [-0.2, 0) is 11.8 Å². The number of hydrogen-bond donors (Lipinski definition) is 1. The maximum absolute atomic E-state index is 13.8. The molecule has 0 atom stereocenters. The molecule has 0 spiro atoms. The Morgan fingerprint density at radius 2 is 1.83 bits per heavy atom. The van der Waals surface area contributed by atoms with Gasteiger partial charge in [0.05, 0.1) is 18.9 Å². The summed E-state index contributed by atoms with van der Waals surface area (Å²) in [5.41, 5.74) is 1.74. The first-order valence-electron chi connectivity index (χ1n) is 9.09. The predicted molar refractivity (Wildman–Crippen MR) is 104 cm³/mol. The average Bonchev–Trinajstić information content (AvgIpc) is 3.13. The fourth-order valence-electron chi connectivity index (χ4n) is 3.12. The summed E-state index contributed by atoms with van der Waals surface area (Å²) in [5.74, 6) is -1.41. The quantitative estimate of drug-likeness (QED) is 0.731. The molecule has 2 aromatic heterocycles. The largest absolute Gasteiger partial charge is 0.378 e. The Hall–Kier alpha value is -3.33. The highest BCUT2D eigenvalue weighted by molar-refractivity contribution is 6.04. The molecule has 1 N–H and O–H groups in total. The highest BCUT2D eigenvalue weighted by Crippen LogP contribution is 2.23. The molecule has 7 nitrogen and oxygen atoms in total. The zero-order valence-corrected chi connectivity index (χ0v) is 15.7. The van der Waals surface area contributed by atoms with Crippen molar-refractivity contribution in [2.45, 2.75) is 0 Å². The predicted octanol–water partition coefficient (Wildman–Crippen LogP) is 2.85. The third-order valence-electron chi connectivity index (χ3n) is 4.68. The van der Waals surface area contributed by atoms with Crippen LogP contribution in [0.5, 0.6) is 0 Å². The number of ether oxygens (including phenoxy) is 1. The van der Waals surface area contributed by atoms with Gasteiger partial charge in [-0.15, -0.1) is 0 Å². The molecule has 29 heavy (non-hydrogen) atoms. The number of carbonyl (C=O) groups is 1. The summed E-state index contributed by atoms with van der Waals surface area (Å²) >= 11 is 0. The van der Waals surface area contributed by atoms with Crippen LogP contribution in [0.15, 0.2) is 42.9 Å². The summed E-state index contributed by atoms with van der Waals surface area (Å²) in [6, 6.07) is 4.66. The van der Waals surface area contributed by atoms with Gasteiger partial charge in [-0.05, 0) is 18.2 Å². The van der Waals surface area contributed by atoms with Gasteiger partial charge in [0, 0.05) is 55.9 Å². The Labute approximate surface area is 166 Å². The normalized spacial score (nSPS) is 14.1. The van der Waals surface area contributed by atoms with E-state index < -0.39 is 17.5 Å². The molecule has 3 heterocycles. The van der Waals surface area contributed by atoms with Gasteiger partial charge >= 0.3 is 0 Å². The minimum absolute atomic E-state index is 0.0858. The lowest BCUT2D eigenvalue weighted by atomic mass is 10.2. The molecule has 1 amide bonds. The molecule has 0 unspecified atom stereocenters. The summed E-state index contributed by atoms with van der Waals surface area (Å²) in [7, 11) is 1.71. The monoisotopic (exact) mass is 399 g/mol. The van der Waals surface area contributed by atoms with Crippen LogP contribution >= 0.6 is 0 Å². The number of amides is 1. The van der Waals surface area contributed by atoms with Gasteiger partial charge in [0.1, 0.15) is 17.3 Å². The van der Waals surface area contributed by atoms with Gasteiger partial charge in [-0.3, -0.25) is 4.79 Å². The zero-order chi connectivity index (χ0) is 20.4. The highest BCUT2D eigenvalue weighted by Gasteiger charge is 2.17. The molecule has 9 heteroatoms. The van der Waals surface area contributed by atoms with Gasteiger partial charge in [-0.25, -0.2) is 18.7 Å². The molecule has 0 radical (unpaired) electrons. The number of nitrogens with zero attached hydrogens (tertiary/aromatic N) is 4. The van der Waals surface area contributed by atoms with Crippen LogP contribution in [0.4, 0.5) is 20.4 Å². The second-order valence-electron chi connectivity index (χ2n) is 6.67. The van der Waals surface area contributed by atoms with E-state index in [1.807, 2.05) is 4.90 Å². The molecule has 1 aliphatic heterocycles. The van der Waals surface area contributed by atoms with E-state index in [1.54, 1.807) is 36.3 Å². The summed E-state index contributed by atoms with van der Waals surface area (Å²) in [4.78, 5) is 23.4. The van der Waals surface area contributed by atoms with Crippen molar-refractivity contribution in [2.75, 3.05) is 36.5 Å². The Balaban J connectivity index is 1.52. The lowest BCUT2D eigenvalue weighted by Crippen LogP contribution is -2.37. The van der Waals surface area contributed by atoms with Crippen molar-refractivity contribution in [3.05, 3.63) is 60.2 Å². The molecule has 4 rings (SSSR count). The van der Waals surface area contributed by atoms with Crippen LogP contribution < -0.4 is 10.2 Å². The average molecular weight is 399 g/mol. The van der Waals surface area contributed by atoms with Gasteiger partial charge in [-0.2, -0.15) is 0 Å². The molecule has 0 aliphatic carbocycles. The van der Waals surface area contributed by atoms with Crippen LogP contribution in [0.1, 0.15) is 10.5 Å². The van der Waals surface area contributed by atoms with E-state index in [0.717, 1.165) is 36.3 Å². The van der Waals surface area contributed by atoms with Crippen LogP contribution in [0, 0.1) is 11.6 Å². The Kier molecular flexibility index (Phi) is 5.22. The first-order chi connectivity index (χ1) is 14.0. The van der Waals surface area contributed by atoms with Crippen LogP contribution in [-0.4, -0.2) is 46.7 Å². The van der Waals surface area contributed by atoms with Crippen molar-refractivity contribution >= 4 is 17.5 Å². The number of aryl methyl sites for hydroxylation is 1. The smallest absolute Gasteiger partial charge is 0.272 e. The maximum Gasteiger partial charge on any atom is 0.272 e. The number of hydrogen-bond acceptors (Lipinski definition) is 5. The molecule has 1 aromatic carbocycles. The molecular weight excluding hydrogens is 380 g/mol. The van der Waals surface area contributed by atoms with Crippen LogP contribution in [0.3, 0.4) is 0 Å². The summed E-state index contributed by atoms with van der Waals surface area (Å²) in [5, 5.41) is 2.46. The van der Waals surface area contributed by atoms with Crippen molar-refractivity contribution in [1.29, 1.82) is 0 Å². The van der Waals surface area contributed by atoms with Gasteiger partial charge < -0.3 is 19.5 Å². The van der Waals surface area contributed by atoms with E-state index in [1.165, 1.54) is 6.07 Å². The van der Waals surface area contributed by atoms with Gasteiger partial charge in [-0.1, -0.05) is 0 Å². The minimum atomic E-state index is -0.833. The van der Waals surface area contributed by atoms with Gasteiger partial charge in [0.25, 0.3) is 5.91 Å². The standard InChI is InChI=1S/C20H19F2N5O2/c1-26-12-13(14-10-23-20(24-11-14)27-4-6-29-7-5-27)8-18(26)19(28)25-17-3-2-15(21)9-16(17)22/h2-3,8-12H,4-7H2,1H3,(H,25,28). The van der Waals surface area contributed by atoms with E-state index in [9.17, 15) is 13.6 Å². The molecule has 0 bridgehead atoms. The molecular formula is C20H19F2N5O2. The van der Waals surface area contributed by atoms with Crippen molar-refractivity contribution in [3.63, 3.8) is 0 Å². The van der Waals surface area contributed by atoms with E-state index in [4.69, 9.17) is 4.74 Å². The van der Waals surface area contributed by atoms with E-state index in [-0.39, 0.29) is 5.69 Å². The number of morpholine rings is 1. The number of nitrogens with one attached hydrogen (secondary N) is 1. The second-order valence-corrected chi connectivity index (χ2v) is 6.67. The topological polar surface area (TPSA) is 72.3 Å². The Morgan fingerprint density at radius 3 is 2.52 bits per heavy atom. The maximum atomic E-state index is 13.8. The molecule has 3 aromatic rings. The highest BCUT2D eigenvalue weighted by atomic mass is 19.1. The SMILES string of the molecule is Cn1cc(-c2cnc(N3CCOCC3)nc2)cc1C(=O)Nc1ccc(F)cc1F. The lowest BCUT2D eigenvalue weighted by molar-refractivity contribution is 0.101. The van der Waals surface area contributed by atoms with Crippen molar-refractivity contribution in [3.8, 4) is 11.1 Å². The first-order valence-corrected chi connectivity index (χ1v) is 9.09. The van der Waals surface area contributed by atoms with Gasteiger partial charge in [0.2, 0.25) is 5.95 Å². The van der Waals surface area contributed by atoms with Crippen molar-refractivity contribution < 1.29 is 18.3 Å². The molecule has 1 saturated heterocycles. The van der Waals surface area contributed by atoms with Crippen molar-refractivity contribution in [1.82, 2.24) is 14.5 Å². The third kappa shape index (κ3) is 4.09. The van der Waals surface area contributed by atoms with Gasteiger partial charge in [0.15, 0.2) is 0 Å². The summed E-state index contributed by atoms with van der Waals surface area (Å²) in [6.45, 7) is 2.79. The summed E-state index contributed by atoms with van der Waals surface area (Å²) in [6.07, 6.45) is 5.17. The minimum Gasteiger partial charge on any atom is -0.378 e. The fraction of sp³-hybridized carbons (Fsp3) is 0.250. The number of benzene rings is 1. The zero-order valence-electron chi connectivity index (χ0n) is 15.7. The molecule has 1 aliphatic rings. The Morgan fingerprint density at radius 1 is 1.10 bits per heavy atom. The van der Waals surface area contributed by atoms with Crippen LogP contribution in [0.25, 0.3) is 11.1 Å².